The Labute approximate surface area is 127 Å². The number of hydrogen-bond acceptors (Lipinski definition) is 6. The highest BCUT2D eigenvalue weighted by atomic mass is 35.5. The molecule has 2 rings (SSSR count). The van der Waals surface area contributed by atoms with E-state index in [0.29, 0.717) is 11.0 Å². The number of rotatable bonds is 4. The first-order valence-corrected chi connectivity index (χ1v) is 6.81. The third-order valence-electron chi connectivity index (χ3n) is 2.43. The van der Waals surface area contributed by atoms with Gasteiger partial charge in [0.05, 0.1) is 28.9 Å². The van der Waals surface area contributed by atoms with E-state index >= 15 is 0 Å². The second-order valence-electron chi connectivity index (χ2n) is 3.95. The van der Waals surface area contributed by atoms with Crippen LogP contribution in [0, 0.1) is 0 Å². The number of aliphatic carboxylic acids is 1. The van der Waals surface area contributed by atoms with E-state index in [0.717, 1.165) is 11.7 Å². The molecule has 0 saturated heterocycles. The first kappa shape index (κ1) is 15.1. The molecule has 0 atom stereocenters. The standard InChI is InChI=1S/C11H9ClN4O4S/c12-5-1-2-6-10(16-21-15-6)9(5)14-11(20)13-7(17)3-4-8(18)19/h1-2H,3-4H2,(H,18,19)(H2,13,14,17,20). The van der Waals surface area contributed by atoms with E-state index in [4.69, 9.17) is 16.7 Å². The first-order valence-electron chi connectivity index (χ1n) is 5.71. The molecular weight excluding hydrogens is 320 g/mol. The Morgan fingerprint density at radius 1 is 1.24 bits per heavy atom. The van der Waals surface area contributed by atoms with E-state index < -0.39 is 17.9 Å². The minimum Gasteiger partial charge on any atom is -0.481 e. The molecule has 1 aromatic heterocycles. The van der Waals surface area contributed by atoms with E-state index in [1.54, 1.807) is 12.1 Å². The topological polar surface area (TPSA) is 121 Å². The molecular formula is C11H9ClN4O4S. The van der Waals surface area contributed by atoms with Crippen molar-refractivity contribution < 1.29 is 19.5 Å². The highest BCUT2D eigenvalue weighted by Crippen LogP contribution is 2.29. The molecule has 2 aromatic rings. The maximum atomic E-state index is 11.7. The van der Waals surface area contributed by atoms with Crippen LogP contribution in [-0.2, 0) is 9.59 Å². The molecule has 0 aliphatic heterocycles. The second-order valence-corrected chi connectivity index (χ2v) is 4.89. The van der Waals surface area contributed by atoms with Crippen molar-refractivity contribution in [3.05, 3.63) is 17.2 Å². The Hall–Kier alpha value is -2.26. The number of imide groups is 1. The van der Waals surface area contributed by atoms with Crippen molar-refractivity contribution in [3.63, 3.8) is 0 Å². The molecule has 1 heterocycles. The highest BCUT2D eigenvalue weighted by molar-refractivity contribution is 7.00. The molecule has 0 aliphatic carbocycles. The van der Waals surface area contributed by atoms with Gasteiger partial charge in [-0.15, -0.1) is 0 Å². The summed E-state index contributed by atoms with van der Waals surface area (Å²) in [6.07, 6.45) is -0.648. The normalized spacial score (nSPS) is 10.3. The number of aromatic nitrogens is 2. The van der Waals surface area contributed by atoms with Crippen LogP contribution in [0.2, 0.25) is 5.02 Å². The number of benzene rings is 1. The third-order valence-corrected chi connectivity index (χ3v) is 3.29. The lowest BCUT2D eigenvalue weighted by Crippen LogP contribution is -2.34. The molecule has 10 heteroatoms. The Balaban J connectivity index is 2.04. The summed E-state index contributed by atoms with van der Waals surface area (Å²) in [4.78, 5) is 33.4. The highest BCUT2D eigenvalue weighted by Gasteiger charge is 2.15. The number of nitrogens with zero attached hydrogens (tertiary/aromatic N) is 2. The number of halogens is 1. The van der Waals surface area contributed by atoms with Gasteiger partial charge < -0.3 is 10.4 Å². The van der Waals surface area contributed by atoms with Crippen LogP contribution in [0.25, 0.3) is 11.0 Å². The molecule has 0 radical (unpaired) electrons. The van der Waals surface area contributed by atoms with E-state index in [1.165, 1.54) is 0 Å². The average molecular weight is 329 g/mol. The van der Waals surface area contributed by atoms with Gasteiger partial charge in [0.15, 0.2) is 0 Å². The fraction of sp³-hybridized carbons (Fsp3) is 0.182. The Morgan fingerprint density at radius 2 is 2.00 bits per heavy atom. The van der Waals surface area contributed by atoms with Crippen LogP contribution in [0.15, 0.2) is 12.1 Å². The minimum atomic E-state index is -1.12. The van der Waals surface area contributed by atoms with Crippen molar-refractivity contribution in [2.24, 2.45) is 0 Å². The summed E-state index contributed by atoms with van der Waals surface area (Å²) >= 11 is 6.94. The minimum absolute atomic E-state index is 0.242. The molecule has 8 nitrogen and oxygen atoms in total. The number of carboxylic acids is 1. The number of amides is 3. The van der Waals surface area contributed by atoms with Gasteiger partial charge in [0, 0.05) is 6.42 Å². The monoisotopic (exact) mass is 328 g/mol. The van der Waals surface area contributed by atoms with Crippen molar-refractivity contribution in [3.8, 4) is 0 Å². The van der Waals surface area contributed by atoms with Crippen LogP contribution in [-0.4, -0.2) is 31.8 Å². The number of urea groups is 1. The van der Waals surface area contributed by atoms with Gasteiger partial charge in [0.1, 0.15) is 11.0 Å². The predicted molar refractivity (Wildman–Crippen MR) is 76.5 cm³/mol. The van der Waals surface area contributed by atoms with Gasteiger partial charge in [0.25, 0.3) is 0 Å². The van der Waals surface area contributed by atoms with Crippen LogP contribution in [0.3, 0.4) is 0 Å². The lowest BCUT2D eigenvalue weighted by molar-refractivity contribution is -0.138. The molecule has 3 amide bonds. The van der Waals surface area contributed by atoms with Crippen LogP contribution >= 0.6 is 23.3 Å². The van der Waals surface area contributed by atoms with Crippen molar-refractivity contribution in [1.29, 1.82) is 0 Å². The summed E-state index contributed by atoms with van der Waals surface area (Å²) in [5.74, 6) is -1.82. The summed E-state index contributed by atoms with van der Waals surface area (Å²) < 4.78 is 8.02. The van der Waals surface area contributed by atoms with Gasteiger partial charge in [-0.25, -0.2) is 4.79 Å². The summed E-state index contributed by atoms with van der Waals surface area (Å²) in [6.45, 7) is 0. The number of nitrogens with one attached hydrogen (secondary N) is 2. The number of carbonyl (C=O) groups is 3. The molecule has 110 valence electrons. The molecule has 3 N–H and O–H groups in total. The quantitative estimate of drug-likeness (QED) is 0.787. The Kier molecular flexibility index (Phi) is 4.66. The average Bonchev–Trinajstić information content (AvgIpc) is 2.88. The van der Waals surface area contributed by atoms with E-state index in [1.807, 2.05) is 5.32 Å². The van der Waals surface area contributed by atoms with Gasteiger partial charge in [-0.3, -0.25) is 14.9 Å². The van der Waals surface area contributed by atoms with Crippen LogP contribution in [0.4, 0.5) is 10.5 Å². The molecule has 0 bridgehead atoms. The largest absolute Gasteiger partial charge is 0.481 e. The predicted octanol–water partition coefficient (Wildman–Crippen LogP) is 1.86. The van der Waals surface area contributed by atoms with E-state index in [-0.39, 0.29) is 23.6 Å². The fourth-order valence-electron chi connectivity index (χ4n) is 1.50. The second kappa shape index (κ2) is 6.46. The Morgan fingerprint density at radius 3 is 2.71 bits per heavy atom. The maximum Gasteiger partial charge on any atom is 0.325 e. The van der Waals surface area contributed by atoms with E-state index in [2.05, 4.69) is 14.1 Å². The van der Waals surface area contributed by atoms with Gasteiger partial charge in [-0.05, 0) is 12.1 Å². The number of carboxylic acid groups (broad SMARTS) is 1. The first-order chi connectivity index (χ1) is 9.97. The van der Waals surface area contributed by atoms with Gasteiger partial charge >= 0.3 is 12.0 Å². The number of carbonyl (C=O) groups excluding carboxylic acids is 2. The molecule has 21 heavy (non-hydrogen) atoms. The lowest BCUT2D eigenvalue weighted by atomic mass is 10.2. The summed E-state index contributed by atoms with van der Waals surface area (Å²) in [5, 5.41) is 13.1. The van der Waals surface area contributed by atoms with Gasteiger partial charge in [-0.2, -0.15) is 8.75 Å². The maximum absolute atomic E-state index is 11.7. The zero-order valence-electron chi connectivity index (χ0n) is 10.4. The molecule has 0 fully saturated rings. The summed E-state index contributed by atoms with van der Waals surface area (Å²) in [7, 11) is 0. The molecule has 0 saturated carbocycles. The zero-order valence-corrected chi connectivity index (χ0v) is 12.0. The van der Waals surface area contributed by atoms with Gasteiger partial charge in [-0.1, -0.05) is 11.6 Å². The van der Waals surface area contributed by atoms with Crippen molar-refractivity contribution >= 4 is 58.0 Å². The lowest BCUT2D eigenvalue weighted by Gasteiger charge is -2.08. The number of anilines is 1. The van der Waals surface area contributed by atoms with Crippen LogP contribution in [0.1, 0.15) is 12.8 Å². The van der Waals surface area contributed by atoms with Crippen LogP contribution in [0.5, 0.6) is 0 Å². The van der Waals surface area contributed by atoms with Crippen molar-refractivity contribution in [2.75, 3.05) is 5.32 Å². The molecule has 0 unspecified atom stereocenters. The van der Waals surface area contributed by atoms with Crippen molar-refractivity contribution in [1.82, 2.24) is 14.1 Å². The Bertz CT molecular complexity index is 717. The fourth-order valence-corrected chi connectivity index (χ4v) is 2.24. The van der Waals surface area contributed by atoms with Crippen LogP contribution < -0.4 is 10.6 Å². The molecule has 0 spiro atoms. The third kappa shape index (κ3) is 3.86. The SMILES string of the molecule is O=C(O)CCC(=O)NC(=O)Nc1c(Cl)ccc2nsnc12. The molecule has 1 aromatic carbocycles. The number of hydrogen-bond donors (Lipinski definition) is 3. The number of fused-ring (bicyclic) bond motifs is 1. The summed E-state index contributed by atoms with van der Waals surface area (Å²) in [6, 6.07) is 2.39. The van der Waals surface area contributed by atoms with Gasteiger partial charge in [0.2, 0.25) is 5.91 Å². The van der Waals surface area contributed by atoms with E-state index in [9.17, 15) is 14.4 Å². The molecule has 0 aliphatic rings. The zero-order chi connectivity index (χ0) is 15.4. The van der Waals surface area contributed by atoms with Crippen molar-refractivity contribution in [2.45, 2.75) is 12.8 Å². The summed E-state index contributed by atoms with van der Waals surface area (Å²) in [5.41, 5.74) is 1.23. The smallest absolute Gasteiger partial charge is 0.325 e.